The van der Waals surface area contributed by atoms with Crippen LogP contribution in [-0.2, 0) is 16.6 Å². The highest BCUT2D eigenvalue weighted by Crippen LogP contribution is 2.24. The van der Waals surface area contributed by atoms with Gasteiger partial charge in [-0.25, -0.2) is 8.42 Å². The fraction of sp³-hybridized carbons (Fsp3) is 0.389. The van der Waals surface area contributed by atoms with Gasteiger partial charge >= 0.3 is 0 Å². The summed E-state index contributed by atoms with van der Waals surface area (Å²) in [6.07, 6.45) is 0. The zero-order valence-electron chi connectivity index (χ0n) is 14.7. The zero-order valence-corrected chi connectivity index (χ0v) is 16.4. The third-order valence-electron chi connectivity index (χ3n) is 4.35. The van der Waals surface area contributed by atoms with Gasteiger partial charge in [0.2, 0.25) is 10.0 Å². The lowest BCUT2D eigenvalue weighted by Gasteiger charge is -2.33. The predicted octanol–water partition coefficient (Wildman–Crippen LogP) is 2.00. The SMILES string of the molecule is CCNC(=O)c1cc(S(=O)(=O)N2CCN(Cc3ccccc3)CC2)cs1. The van der Waals surface area contributed by atoms with Crippen LogP contribution in [0.5, 0.6) is 0 Å². The van der Waals surface area contributed by atoms with Crippen molar-refractivity contribution in [1.82, 2.24) is 14.5 Å². The second-order valence-electron chi connectivity index (χ2n) is 6.17. The predicted molar refractivity (Wildman–Crippen MR) is 103 cm³/mol. The smallest absolute Gasteiger partial charge is 0.261 e. The summed E-state index contributed by atoms with van der Waals surface area (Å²) >= 11 is 1.16. The summed E-state index contributed by atoms with van der Waals surface area (Å²) in [4.78, 5) is 14.8. The van der Waals surface area contributed by atoms with Crippen LogP contribution in [0.1, 0.15) is 22.2 Å². The number of hydrogen-bond acceptors (Lipinski definition) is 5. The number of nitrogens with one attached hydrogen (secondary N) is 1. The molecule has 0 spiro atoms. The summed E-state index contributed by atoms with van der Waals surface area (Å²) in [5.41, 5.74) is 1.23. The number of hydrogen-bond donors (Lipinski definition) is 1. The average Bonchev–Trinajstić information content (AvgIpc) is 3.14. The number of carbonyl (C=O) groups excluding carboxylic acids is 1. The highest BCUT2D eigenvalue weighted by Gasteiger charge is 2.29. The maximum atomic E-state index is 12.8. The molecule has 1 aliphatic heterocycles. The number of benzene rings is 1. The molecule has 26 heavy (non-hydrogen) atoms. The molecule has 140 valence electrons. The Kier molecular flexibility index (Phi) is 6.08. The molecular formula is C18H23N3O3S2. The lowest BCUT2D eigenvalue weighted by Crippen LogP contribution is -2.48. The fourth-order valence-electron chi connectivity index (χ4n) is 2.94. The number of carbonyl (C=O) groups is 1. The summed E-state index contributed by atoms with van der Waals surface area (Å²) < 4.78 is 27.2. The van der Waals surface area contributed by atoms with Crippen molar-refractivity contribution in [2.45, 2.75) is 18.4 Å². The fourth-order valence-corrected chi connectivity index (χ4v) is 5.54. The molecule has 8 heteroatoms. The van der Waals surface area contributed by atoms with Crippen molar-refractivity contribution in [3.05, 3.63) is 52.2 Å². The number of thiophene rings is 1. The average molecular weight is 394 g/mol. The number of sulfonamides is 1. The molecule has 0 unspecified atom stereocenters. The van der Waals surface area contributed by atoms with Crippen LogP contribution < -0.4 is 5.32 Å². The third kappa shape index (κ3) is 4.32. The first-order chi connectivity index (χ1) is 12.5. The second-order valence-corrected chi connectivity index (χ2v) is 9.02. The Morgan fingerprint density at radius 2 is 1.85 bits per heavy atom. The zero-order chi connectivity index (χ0) is 18.6. The largest absolute Gasteiger partial charge is 0.352 e. The Morgan fingerprint density at radius 3 is 2.50 bits per heavy atom. The van der Waals surface area contributed by atoms with E-state index in [9.17, 15) is 13.2 Å². The number of nitrogens with zero attached hydrogens (tertiary/aromatic N) is 2. The molecule has 0 bridgehead atoms. The van der Waals surface area contributed by atoms with Gasteiger partial charge in [0.05, 0.1) is 9.77 Å². The topological polar surface area (TPSA) is 69.7 Å². The Bertz CT molecular complexity index is 842. The van der Waals surface area contributed by atoms with E-state index in [0.29, 0.717) is 37.6 Å². The Labute approximate surface area is 158 Å². The molecule has 1 aliphatic rings. The van der Waals surface area contributed by atoms with Crippen LogP contribution in [0, 0.1) is 0 Å². The molecule has 1 aromatic heterocycles. The summed E-state index contributed by atoms with van der Waals surface area (Å²) in [5.74, 6) is -0.230. The van der Waals surface area contributed by atoms with Gasteiger partial charge in [0, 0.05) is 44.6 Å². The molecule has 1 aromatic carbocycles. The Hall–Kier alpha value is -1.74. The molecule has 1 saturated heterocycles. The van der Waals surface area contributed by atoms with Crippen molar-refractivity contribution >= 4 is 27.3 Å². The van der Waals surface area contributed by atoms with E-state index in [-0.39, 0.29) is 10.8 Å². The van der Waals surface area contributed by atoms with Crippen molar-refractivity contribution < 1.29 is 13.2 Å². The van der Waals surface area contributed by atoms with Gasteiger partial charge in [0.25, 0.3) is 5.91 Å². The van der Waals surface area contributed by atoms with Crippen molar-refractivity contribution in [1.29, 1.82) is 0 Å². The number of amides is 1. The first-order valence-corrected chi connectivity index (χ1v) is 11.0. The standard InChI is InChI=1S/C18H23N3O3S2/c1-2-19-18(22)17-12-16(14-25-17)26(23,24)21-10-8-20(9-11-21)13-15-6-4-3-5-7-15/h3-7,12,14H,2,8-11,13H2,1H3,(H,19,22). The first kappa shape index (κ1) is 19.0. The van der Waals surface area contributed by atoms with E-state index in [2.05, 4.69) is 22.3 Å². The van der Waals surface area contributed by atoms with Gasteiger partial charge in [0.15, 0.2) is 0 Å². The van der Waals surface area contributed by atoms with Crippen LogP contribution in [0.25, 0.3) is 0 Å². The minimum absolute atomic E-state index is 0.209. The lowest BCUT2D eigenvalue weighted by molar-refractivity contribution is 0.0959. The molecular weight excluding hydrogens is 370 g/mol. The second kappa shape index (κ2) is 8.30. The van der Waals surface area contributed by atoms with Crippen LogP contribution in [0.3, 0.4) is 0 Å². The molecule has 0 atom stereocenters. The van der Waals surface area contributed by atoms with Gasteiger partial charge in [0.1, 0.15) is 0 Å². The van der Waals surface area contributed by atoms with Crippen molar-refractivity contribution in [3.63, 3.8) is 0 Å². The van der Waals surface area contributed by atoms with Crippen molar-refractivity contribution in [2.75, 3.05) is 32.7 Å². The monoisotopic (exact) mass is 393 g/mol. The molecule has 1 amide bonds. The molecule has 3 rings (SSSR count). The van der Waals surface area contributed by atoms with Gasteiger partial charge in [-0.05, 0) is 18.6 Å². The van der Waals surface area contributed by atoms with Gasteiger partial charge < -0.3 is 5.32 Å². The molecule has 2 heterocycles. The van der Waals surface area contributed by atoms with Crippen LogP contribution in [0.4, 0.5) is 0 Å². The van der Waals surface area contributed by atoms with E-state index in [1.807, 2.05) is 25.1 Å². The van der Waals surface area contributed by atoms with Crippen LogP contribution >= 0.6 is 11.3 Å². The van der Waals surface area contributed by atoms with E-state index in [4.69, 9.17) is 0 Å². The molecule has 0 aliphatic carbocycles. The minimum Gasteiger partial charge on any atom is -0.352 e. The van der Waals surface area contributed by atoms with E-state index in [1.54, 1.807) is 5.38 Å². The third-order valence-corrected chi connectivity index (χ3v) is 7.31. The van der Waals surface area contributed by atoms with Crippen molar-refractivity contribution in [2.24, 2.45) is 0 Å². The lowest BCUT2D eigenvalue weighted by atomic mass is 10.2. The van der Waals surface area contributed by atoms with Gasteiger partial charge in [-0.3, -0.25) is 9.69 Å². The molecule has 1 fully saturated rings. The highest BCUT2D eigenvalue weighted by molar-refractivity contribution is 7.89. The van der Waals surface area contributed by atoms with Crippen LogP contribution in [0.2, 0.25) is 0 Å². The van der Waals surface area contributed by atoms with Crippen LogP contribution in [-0.4, -0.2) is 56.3 Å². The Morgan fingerprint density at radius 1 is 1.15 bits per heavy atom. The van der Waals surface area contributed by atoms with E-state index >= 15 is 0 Å². The molecule has 0 radical (unpaired) electrons. The maximum Gasteiger partial charge on any atom is 0.261 e. The Balaban J connectivity index is 1.62. The number of piperazine rings is 1. The molecule has 0 saturated carbocycles. The van der Waals surface area contributed by atoms with E-state index in [0.717, 1.165) is 17.9 Å². The quantitative estimate of drug-likeness (QED) is 0.815. The van der Waals surface area contributed by atoms with E-state index in [1.165, 1.54) is 15.9 Å². The van der Waals surface area contributed by atoms with Crippen LogP contribution in [0.15, 0.2) is 46.7 Å². The summed E-state index contributed by atoms with van der Waals surface area (Å²) in [5, 5.41) is 4.24. The summed E-state index contributed by atoms with van der Waals surface area (Å²) in [6, 6.07) is 11.7. The first-order valence-electron chi connectivity index (χ1n) is 8.64. The van der Waals surface area contributed by atoms with Crippen molar-refractivity contribution in [3.8, 4) is 0 Å². The van der Waals surface area contributed by atoms with Gasteiger partial charge in [-0.1, -0.05) is 30.3 Å². The molecule has 2 aromatic rings. The maximum absolute atomic E-state index is 12.8. The molecule has 1 N–H and O–H groups in total. The van der Waals surface area contributed by atoms with E-state index < -0.39 is 10.0 Å². The minimum atomic E-state index is -3.55. The normalized spacial score (nSPS) is 16.5. The summed E-state index contributed by atoms with van der Waals surface area (Å²) in [7, 11) is -3.55. The highest BCUT2D eigenvalue weighted by atomic mass is 32.2. The summed E-state index contributed by atoms with van der Waals surface area (Å²) in [6.45, 7) is 5.49. The van der Waals surface area contributed by atoms with Gasteiger partial charge in [-0.2, -0.15) is 4.31 Å². The molecule has 6 nitrogen and oxygen atoms in total. The number of rotatable bonds is 6. The van der Waals surface area contributed by atoms with Gasteiger partial charge in [-0.15, -0.1) is 11.3 Å².